The highest BCUT2D eigenvalue weighted by Gasteiger charge is 2.54. The molecule has 0 bridgehead atoms. The van der Waals surface area contributed by atoms with Gasteiger partial charge in [0.1, 0.15) is 31.0 Å². The van der Waals surface area contributed by atoms with Gasteiger partial charge in [-0.3, -0.25) is 0 Å². The second-order valence-electron chi connectivity index (χ2n) is 22.4. The summed E-state index contributed by atoms with van der Waals surface area (Å²) in [5.41, 5.74) is 1.30. The Kier molecular flexibility index (Phi) is 22.8. The number of rotatable bonds is 24. The molecule has 7 aromatic rings. The lowest BCUT2D eigenvalue weighted by Crippen LogP contribution is -2.61. The predicted molar refractivity (Wildman–Crippen MR) is 332 cm³/mol. The van der Waals surface area contributed by atoms with E-state index in [1.165, 1.54) is 18.2 Å². The number of hydrogen-bond acceptors (Lipinski definition) is 20. The van der Waals surface area contributed by atoms with Crippen LogP contribution in [0.5, 0.6) is 0 Å². The van der Waals surface area contributed by atoms with Crippen LogP contribution in [0.25, 0.3) is 0 Å². The van der Waals surface area contributed by atoms with Gasteiger partial charge in [0.2, 0.25) is 0 Å². The van der Waals surface area contributed by atoms with Crippen LogP contribution in [0.4, 0.5) is 0 Å². The van der Waals surface area contributed by atoms with Crippen molar-refractivity contribution in [2.75, 3.05) is 26.4 Å². The second-order valence-corrected chi connectivity index (χ2v) is 22.4. The summed E-state index contributed by atoms with van der Waals surface area (Å²) in [4.78, 5) is 98.5. The van der Waals surface area contributed by atoms with Crippen molar-refractivity contribution in [2.45, 2.75) is 94.6 Å². The van der Waals surface area contributed by atoms with Crippen LogP contribution in [0.1, 0.15) is 93.3 Å². The van der Waals surface area contributed by atoms with Gasteiger partial charge in [-0.05, 0) is 84.9 Å². The Morgan fingerprint density at radius 2 is 0.527 bits per heavy atom. The first kappa shape index (κ1) is 66.3. The summed E-state index contributed by atoms with van der Waals surface area (Å²) >= 11 is 0. The van der Waals surface area contributed by atoms with Gasteiger partial charge in [-0.2, -0.15) is 0 Å². The molecule has 0 aliphatic carbocycles. The van der Waals surface area contributed by atoms with E-state index in [1.807, 2.05) is 0 Å². The Balaban J connectivity index is 1.00. The molecule has 0 amide bonds. The number of carbonyl (C=O) groups excluding carboxylic acids is 7. The van der Waals surface area contributed by atoms with Crippen LogP contribution in [0.15, 0.2) is 225 Å². The Hall–Kier alpha value is -9.67. The average molecular weight is 1270 g/mol. The monoisotopic (exact) mass is 1270 g/mol. The van der Waals surface area contributed by atoms with Crippen molar-refractivity contribution in [1.82, 2.24) is 0 Å². The van der Waals surface area contributed by atoms with Crippen molar-refractivity contribution in [2.24, 2.45) is 17.8 Å². The molecule has 0 aromatic heterocycles. The molecular weight excluding hydrogens is 1200 g/mol. The minimum absolute atomic E-state index is 0.103. The lowest BCUT2D eigenvalue weighted by molar-refractivity contribution is -0.329. The molecule has 3 fully saturated rings. The van der Waals surface area contributed by atoms with E-state index in [-0.39, 0.29) is 52.2 Å². The van der Waals surface area contributed by atoms with Gasteiger partial charge >= 0.3 is 41.8 Å². The van der Waals surface area contributed by atoms with E-state index in [4.69, 9.17) is 61.6 Å². The van der Waals surface area contributed by atoms with Crippen LogP contribution in [0.2, 0.25) is 0 Å². The number of carbonyl (C=O) groups is 7. The van der Waals surface area contributed by atoms with Gasteiger partial charge in [-0.1, -0.05) is 154 Å². The maximum Gasteiger partial charge on any atom is 0.338 e. The quantitative estimate of drug-likeness (QED) is 0.0310. The van der Waals surface area contributed by atoms with Gasteiger partial charge in [0.05, 0.1) is 71.0 Å². The first-order chi connectivity index (χ1) is 45.2. The number of ether oxygens (including phenoxy) is 13. The molecule has 15 atom stereocenters. The zero-order chi connectivity index (χ0) is 65.2. The Morgan fingerprint density at radius 3 is 0.774 bits per heavy atom. The molecule has 0 saturated carbocycles. The number of hydrogen-bond donors (Lipinski definition) is 0. The molecule has 20 nitrogen and oxygen atoms in total. The molecule has 3 heterocycles. The van der Waals surface area contributed by atoms with E-state index in [9.17, 15) is 33.6 Å². The van der Waals surface area contributed by atoms with Crippen LogP contribution in [-0.4, -0.2) is 142 Å². The average Bonchev–Trinajstić information content (AvgIpc) is 0.832. The summed E-state index contributed by atoms with van der Waals surface area (Å²) in [5.74, 6) is -8.03. The molecule has 20 heteroatoms. The van der Waals surface area contributed by atoms with Gasteiger partial charge in [0.15, 0.2) is 37.2 Å². The fourth-order valence-electron chi connectivity index (χ4n) is 10.9. The zero-order valence-corrected chi connectivity index (χ0v) is 51.1. The summed E-state index contributed by atoms with van der Waals surface area (Å²) in [5, 5.41) is 0. The largest absolute Gasteiger partial charge is 0.459 e. The van der Waals surface area contributed by atoms with Gasteiger partial charge in [-0.15, -0.1) is 6.58 Å². The van der Waals surface area contributed by atoms with E-state index < -0.39 is 147 Å². The summed E-state index contributed by atoms with van der Waals surface area (Å²) in [6.07, 6.45) is -15.0. The van der Waals surface area contributed by atoms with Crippen molar-refractivity contribution in [3.8, 4) is 0 Å². The van der Waals surface area contributed by atoms with Crippen molar-refractivity contribution in [3.63, 3.8) is 0 Å². The Bertz CT molecular complexity index is 3600. The normalized spacial score (nSPS) is 25.8. The molecule has 482 valence electrons. The number of esters is 7. The highest BCUT2D eigenvalue weighted by Crippen LogP contribution is 2.38. The van der Waals surface area contributed by atoms with Crippen LogP contribution in [0.3, 0.4) is 0 Å². The van der Waals surface area contributed by atoms with E-state index in [2.05, 4.69) is 6.58 Å². The van der Waals surface area contributed by atoms with E-state index in [1.54, 1.807) is 221 Å². The third-order valence-corrected chi connectivity index (χ3v) is 16.1. The molecule has 0 radical (unpaired) electrons. The standard InChI is InChI=1S/C73H70O20/c1-5-41-81-71-61(91-68(78)52-35-21-10-22-36-52)58(88-65(75)49-29-15-7-16-30-49)46(3)56(85-71)43-83-73-63(93-70(80)54-39-25-12-26-40-54)60(90-67(77)51-33-19-9-20-34-51)47(4)57(87-73)44-84-72-62(92-69(79)53-37-23-11-24-38-53)59(89-66(76)50-31-17-8-18-32-50)45(2)55(86-72)42-82-64(74)48-27-13-6-14-28-48/h5-40,45-47,55-63,71-73H,1,41-44H2,2-4H3/t45-,46-,47-,55-,56-,57-,58+,59+,60+,61-,62?,63-,71?,72-,73-/m1/s1. The molecular formula is C73H70O20. The minimum atomic E-state index is -1.65. The van der Waals surface area contributed by atoms with Crippen molar-refractivity contribution < 1.29 is 95.1 Å². The minimum Gasteiger partial charge on any atom is -0.459 e. The smallest absolute Gasteiger partial charge is 0.338 e. The molecule has 2 unspecified atom stereocenters. The SMILES string of the molecule is C=CCOC1O[C@H](CO[C@@H]2O[C@H](CO[C@@H]3O[C@H](COC(=O)c4ccccc4)[C@@H](C)[C@H](OC(=O)c4ccccc4)C3OC(=O)c3ccccc3)[C@@H](C)[C@H](OC(=O)c3ccccc3)[C@H]2OC(=O)c2ccccc2)[C@@H](C)[C@H](OC(=O)c2ccccc2)[C@H]1OC(=O)c1ccccc1. The maximum absolute atomic E-state index is 14.4. The summed E-state index contributed by atoms with van der Waals surface area (Å²) < 4.78 is 83.3. The predicted octanol–water partition coefficient (Wildman–Crippen LogP) is 10.5. The molecule has 3 aliphatic rings. The van der Waals surface area contributed by atoms with E-state index >= 15 is 0 Å². The van der Waals surface area contributed by atoms with Crippen LogP contribution in [0, 0.1) is 17.8 Å². The fourth-order valence-corrected chi connectivity index (χ4v) is 10.9. The summed E-state index contributed by atoms with van der Waals surface area (Å²) in [7, 11) is 0. The molecule has 3 saturated heterocycles. The lowest BCUT2D eigenvalue weighted by Gasteiger charge is -2.47. The molecule has 3 aliphatic heterocycles. The second kappa shape index (κ2) is 32.1. The van der Waals surface area contributed by atoms with Gasteiger partial charge < -0.3 is 61.6 Å². The topological polar surface area (TPSA) is 239 Å². The molecule has 0 spiro atoms. The Labute approximate surface area is 537 Å². The summed E-state index contributed by atoms with van der Waals surface area (Å²) in [6, 6.07) is 57.2. The zero-order valence-electron chi connectivity index (χ0n) is 51.1. The van der Waals surface area contributed by atoms with Gasteiger partial charge in [0.25, 0.3) is 0 Å². The first-order valence-corrected chi connectivity index (χ1v) is 30.4. The Morgan fingerprint density at radius 1 is 0.312 bits per heavy atom. The van der Waals surface area contributed by atoms with Gasteiger partial charge in [-0.25, -0.2) is 33.6 Å². The number of benzene rings is 7. The highest BCUT2D eigenvalue weighted by atomic mass is 16.8. The first-order valence-electron chi connectivity index (χ1n) is 30.4. The van der Waals surface area contributed by atoms with Gasteiger partial charge in [0, 0.05) is 17.8 Å². The van der Waals surface area contributed by atoms with Crippen LogP contribution >= 0.6 is 0 Å². The third-order valence-electron chi connectivity index (χ3n) is 16.1. The van der Waals surface area contributed by atoms with E-state index in [0.717, 1.165) is 0 Å². The van der Waals surface area contributed by atoms with Crippen LogP contribution < -0.4 is 0 Å². The molecule has 7 aromatic carbocycles. The fraction of sp³-hybridized carbons (Fsp3) is 0.301. The van der Waals surface area contributed by atoms with Crippen molar-refractivity contribution >= 4 is 41.8 Å². The highest BCUT2D eigenvalue weighted by molar-refractivity contribution is 5.93. The van der Waals surface area contributed by atoms with Crippen LogP contribution in [-0.2, 0) is 61.6 Å². The summed E-state index contributed by atoms with van der Waals surface area (Å²) in [6.45, 7) is 7.48. The van der Waals surface area contributed by atoms with Crippen molar-refractivity contribution in [3.05, 3.63) is 264 Å². The molecule has 10 rings (SSSR count). The molecule has 0 N–H and O–H groups in total. The third kappa shape index (κ3) is 16.9. The lowest BCUT2D eigenvalue weighted by atomic mass is 9.89. The van der Waals surface area contributed by atoms with E-state index in [0.29, 0.717) is 0 Å². The maximum atomic E-state index is 14.4. The van der Waals surface area contributed by atoms with Crippen molar-refractivity contribution in [1.29, 1.82) is 0 Å². The molecule has 93 heavy (non-hydrogen) atoms.